The summed E-state index contributed by atoms with van der Waals surface area (Å²) in [5.41, 5.74) is 2.95. The van der Waals surface area contributed by atoms with Crippen LogP contribution in [0.25, 0.3) is 0 Å². The SMILES string of the molecule is C1=C(C2=C/C=C/CCCCC2)/C=C\C=C/CCC1. The van der Waals surface area contributed by atoms with Crippen molar-refractivity contribution in [3.05, 3.63) is 59.8 Å². The van der Waals surface area contributed by atoms with Crippen molar-refractivity contribution in [1.82, 2.24) is 0 Å². The van der Waals surface area contributed by atoms with Crippen LogP contribution >= 0.6 is 0 Å². The molecule has 0 unspecified atom stereocenters. The van der Waals surface area contributed by atoms with Crippen LogP contribution in [-0.2, 0) is 0 Å². The van der Waals surface area contributed by atoms with Gasteiger partial charge >= 0.3 is 0 Å². The maximum Gasteiger partial charge on any atom is -0.0265 e. The van der Waals surface area contributed by atoms with Gasteiger partial charge in [0.2, 0.25) is 0 Å². The van der Waals surface area contributed by atoms with Gasteiger partial charge in [-0.1, -0.05) is 55.0 Å². The van der Waals surface area contributed by atoms with E-state index in [1.165, 1.54) is 62.5 Å². The molecule has 2 aliphatic carbocycles. The number of hydrogen-bond acceptors (Lipinski definition) is 0. The van der Waals surface area contributed by atoms with E-state index in [2.05, 4.69) is 48.6 Å². The monoisotopic (exact) mass is 240 g/mol. The Kier molecular flexibility index (Phi) is 5.78. The highest BCUT2D eigenvalue weighted by atomic mass is 14.1. The molecule has 0 bridgehead atoms. The lowest BCUT2D eigenvalue weighted by Crippen LogP contribution is -1.88. The molecule has 0 fully saturated rings. The lowest BCUT2D eigenvalue weighted by atomic mass is 9.97. The maximum atomic E-state index is 2.42. The molecule has 0 heterocycles. The first kappa shape index (κ1) is 13.1. The topological polar surface area (TPSA) is 0 Å². The van der Waals surface area contributed by atoms with Gasteiger partial charge in [0.15, 0.2) is 0 Å². The number of rotatable bonds is 1. The van der Waals surface area contributed by atoms with Crippen molar-refractivity contribution in [3.8, 4) is 0 Å². The molecule has 2 rings (SSSR count). The first-order chi connectivity index (χ1) is 8.97. The van der Waals surface area contributed by atoms with Crippen LogP contribution in [0.4, 0.5) is 0 Å². The molecule has 0 aromatic carbocycles. The van der Waals surface area contributed by atoms with Crippen molar-refractivity contribution in [2.75, 3.05) is 0 Å². The predicted molar refractivity (Wildman–Crippen MR) is 80.5 cm³/mol. The molecule has 0 saturated heterocycles. The molecule has 0 saturated carbocycles. The second-order valence-corrected chi connectivity index (χ2v) is 5.10. The van der Waals surface area contributed by atoms with Gasteiger partial charge in [-0.2, -0.15) is 0 Å². The lowest BCUT2D eigenvalue weighted by molar-refractivity contribution is 0.689. The number of hydrogen-bond donors (Lipinski definition) is 0. The Morgan fingerprint density at radius 3 is 2.61 bits per heavy atom. The van der Waals surface area contributed by atoms with E-state index >= 15 is 0 Å². The van der Waals surface area contributed by atoms with Gasteiger partial charge in [0.1, 0.15) is 0 Å². The Morgan fingerprint density at radius 2 is 1.61 bits per heavy atom. The summed E-state index contributed by atoms with van der Waals surface area (Å²) in [6, 6.07) is 0. The highest BCUT2D eigenvalue weighted by Crippen LogP contribution is 2.23. The van der Waals surface area contributed by atoms with Crippen molar-refractivity contribution >= 4 is 0 Å². The molecule has 0 radical (unpaired) electrons. The van der Waals surface area contributed by atoms with E-state index in [0.29, 0.717) is 0 Å². The smallest absolute Gasteiger partial charge is 0.0265 e. The van der Waals surface area contributed by atoms with Gasteiger partial charge in [0, 0.05) is 0 Å². The van der Waals surface area contributed by atoms with E-state index in [0.717, 1.165) is 0 Å². The first-order valence-electron chi connectivity index (χ1n) is 7.36. The Balaban J connectivity index is 2.14. The van der Waals surface area contributed by atoms with Crippen LogP contribution in [-0.4, -0.2) is 0 Å². The largest absolute Gasteiger partial charge is 0.0845 e. The highest BCUT2D eigenvalue weighted by Gasteiger charge is 2.03. The van der Waals surface area contributed by atoms with E-state index in [-0.39, 0.29) is 0 Å². The standard InChI is InChI=1S/C18H24/c1-2-6-10-14-17(13-9-5-1)18-15-11-7-3-4-8-12-16-18/h1,5,7,9,11,13-15H,2-4,6,8,10,12,16H2/b5-1-,11-7+,13-9-,17-14?,18-15?. The molecule has 0 spiro atoms. The second-order valence-electron chi connectivity index (χ2n) is 5.10. The summed E-state index contributed by atoms with van der Waals surface area (Å²) in [6.45, 7) is 0. The fraction of sp³-hybridized carbons (Fsp3) is 0.444. The molecule has 0 N–H and O–H groups in total. The quantitative estimate of drug-likeness (QED) is 0.555. The highest BCUT2D eigenvalue weighted by molar-refractivity contribution is 5.42. The zero-order valence-electron chi connectivity index (χ0n) is 11.3. The van der Waals surface area contributed by atoms with Crippen LogP contribution < -0.4 is 0 Å². The summed E-state index contributed by atoms with van der Waals surface area (Å²) in [7, 11) is 0. The summed E-state index contributed by atoms with van der Waals surface area (Å²) in [5.74, 6) is 0. The molecule has 0 aliphatic heterocycles. The van der Waals surface area contributed by atoms with Crippen molar-refractivity contribution in [1.29, 1.82) is 0 Å². The number of allylic oxidation sites excluding steroid dienone is 10. The van der Waals surface area contributed by atoms with Gasteiger partial charge in [0.25, 0.3) is 0 Å². The molecule has 0 amide bonds. The Morgan fingerprint density at radius 1 is 0.722 bits per heavy atom. The van der Waals surface area contributed by atoms with E-state index < -0.39 is 0 Å². The van der Waals surface area contributed by atoms with Gasteiger partial charge < -0.3 is 0 Å². The van der Waals surface area contributed by atoms with Gasteiger partial charge in [-0.3, -0.25) is 0 Å². The third-order valence-electron chi connectivity index (χ3n) is 3.58. The normalized spacial score (nSPS) is 27.1. The minimum Gasteiger partial charge on any atom is -0.0845 e. The summed E-state index contributed by atoms with van der Waals surface area (Å²) in [6.07, 6.45) is 28.4. The molecule has 96 valence electrons. The second kappa shape index (κ2) is 7.92. The minimum absolute atomic E-state index is 1.20. The fourth-order valence-electron chi connectivity index (χ4n) is 2.49. The maximum absolute atomic E-state index is 2.42. The van der Waals surface area contributed by atoms with Crippen molar-refractivity contribution < 1.29 is 0 Å². The van der Waals surface area contributed by atoms with Crippen LogP contribution in [0.5, 0.6) is 0 Å². The van der Waals surface area contributed by atoms with E-state index in [4.69, 9.17) is 0 Å². The van der Waals surface area contributed by atoms with Crippen LogP contribution in [0.2, 0.25) is 0 Å². The van der Waals surface area contributed by atoms with Crippen LogP contribution in [0.15, 0.2) is 59.8 Å². The molecular formula is C18H24. The van der Waals surface area contributed by atoms with Gasteiger partial charge in [-0.15, -0.1) is 0 Å². The van der Waals surface area contributed by atoms with E-state index in [1.54, 1.807) is 0 Å². The average Bonchev–Trinajstić information content (AvgIpc) is 2.61. The molecule has 0 nitrogen and oxygen atoms in total. The fourth-order valence-corrected chi connectivity index (χ4v) is 2.49. The molecule has 0 atom stereocenters. The Hall–Kier alpha value is -1.30. The summed E-state index contributed by atoms with van der Waals surface area (Å²) in [4.78, 5) is 0. The van der Waals surface area contributed by atoms with Crippen LogP contribution in [0.1, 0.15) is 51.4 Å². The van der Waals surface area contributed by atoms with E-state index in [9.17, 15) is 0 Å². The molecule has 0 aromatic heterocycles. The summed E-state index contributed by atoms with van der Waals surface area (Å²) < 4.78 is 0. The van der Waals surface area contributed by atoms with Crippen LogP contribution in [0.3, 0.4) is 0 Å². The van der Waals surface area contributed by atoms with Crippen molar-refractivity contribution in [2.45, 2.75) is 51.4 Å². The molecule has 18 heavy (non-hydrogen) atoms. The lowest BCUT2D eigenvalue weighted by Gasteiger charge is -2.08. The first-order valence-corrected chi connectivity index (χ1v) is 7.36. The predicted octanol–water partition coefficient (Wildman–Crippen LogP) is 5.66. The van der Waals surface area contributed by atoms with Crippen molar-refractivity contribution in [3.63, 3.8) is 0 Å². The minimum atomic E-state index is 1.20. The van der Waals surface area contributed by atoms with E-state index in [1.807, 2.05) is 0 Å². The Labute approximate surface area is 111 Å². The molecule has 0 aromatic rings. The average molecular weight is 240 g/mol. The van der Waals surface area contributed by atoms with Gasteiger partial charge in [-0.05, 0) is 56.1 Å². The third kappa shape index (κ3) is 4.52. The zero-order valence-corrected chi connectivity index (χ0v) is 11.3. The zero-order chi connectivity index (χ0) is 12.5. The molecule has 2 aliphatic rings. The van der Waals surface area contributed by atoms with Gasteiger partial charge in [0.05, 0.1) is 0 Å². The Bertz CT molecular complexity index is 388. The van der Waals surface area contributed by atoms with Crippen LogP contribution in [0, 0.1) is 0 Å². The summed E-state index contributed by atoms with van der Waals surface area (Å²) in [5, 5.41) is 0. The molecule has 0 heteroatoms. The van der Waals surface area contributed by atoms with Crippen molar-refractivity contribution in [2.24, 2.45) is 0 Å². The van der Waals surface area contributed by atoms with Gasteiger partial charge in [-0.25, -0.2) is 0 Å². The summed E-state index contributed by atoms with van der Waals surface area (Å²) >= 11 is 0. The third-order valence-corrected chi connectivity index (χ3v) is 3.58. The molecular weight excluding hydrogens is 216 g/mol.